The molecule has 0 aromatic heterocycles. The number of carbonyl (C=O) groups excluding carboxylic acids is 1. The molecule has 0 aliphatic carbocycles. The average Bonchev–Trinajstić information content (AvgIpc) is 2.25. The van der Waals surface area contributed by atoms with Crippen LogP contribution < -0.4 is 5.14 Å². The van der Waals surface area contributed by atoms with Crippen molar-refractivity contribution in [2.75, 3.05) is 13.2 Å². The lowest BCUT2D eigenvalue weighted by atomic mass is 10.1. The number of ether oxygens (including phenoxy) is 2. The summed E-state index contributed by atoms with van der Waals surface area (Å²) in [4.78, 5) is 11.5. The zero-order chi connectivity index (χ0) is 14.2. The largest absolute Gasteiger partial charge is 0.454 e. The molecule has 1 saturated heterocycles. The van der Waals surface area contributed by atoms with Crippen molar-refractivity contribution in [3.8, 4) is 0 Å². The molecule has 0 radical (unpaired) electrons. The summed E-state index contributed by atoms with van der Waals surface area (Å²) in [6.07, 6.45) is -0.290. The van der Waals surface area contributed by atoms with Gasteiger partial charge < -0.3 is 9.47 Å². The lowest BCUT2D eigenvalue weighted by molar-refractivity contribution is -0.103. The van der Waals surface area contributed by atoms with Gasteiger partial charge in [-0.25, -0.2) is 18.4 Å². The van der Waals surface area contributed by atoms with E-state index < -0.39 is 16.0 Å². The Labute approximate surface area is 115 Å². The van der Waals surface area contributed by atoms with Gasteiger partial charge in [0.25, 0.3) is 0 Å². The highest BCUT2D eigenvalue weighted by Crippen LogP contribution is 2.26. The van der Waals surface area contributed by atoms with Crippen molar-refractivity contribution in [2.24, 2.45) is 5.14 Å². The second-order valence-electron chi connectivity index (χ2n) is 4.22. The molecule has 1 aromatic carbocycles. The zero-order valence-electron chi connectivity index (χ0n) is 10.1. The molecule has 0 atom stereocenters. The van der Waals surface area contributed by atoms with Gasteiger partial charge >= 0.3 is 5.97 Å². The van der Waals surface area contributed by atoms with E-state index in [4.69, 9.17) is 26.2 Å². The molecular formula is C11H12ClNO5S. The molecule has 0 spiro atoms. The summed E-state index contributed by atoms with van der Waals surface area (Å²) in [5.41, 5.74) is 0.530. The summed E-state index contributed by atoms with van der Waals surface area (Å²) >= 11 is 5.87. The first-order valence-electron chi connectivity index (χ1n) is 5.40. The first-order chi connectivity index (χ1) is 8.79. The molecule has 1 heterocycles. The van der Waals surface area contributed by atoms with Crippen LogP contribution in [0.1, 0.15) is 15.9 Å². The third-order valence-electron chi connectivity index (χ3n) is 2.64. The number of rotatable bonds is 3. The van der Waals surface area contributed by atoms with Gasteiger partial charge in [0, 0.05) is 0 Å². The molecule has 2 rings (SSSR count). The number of carbonyl (C=O) groups is 1. The number of sulfonamides is 1. The maximum Gasteiger partial charge on any atom is 0.338 e. The normalized spacial score (nSPS) is 15.9. The molecule has 2 N–H and O–H groups in total. The molecular weight excluding hydrogens is 294 g/mol. The van der Waals surface area contributed by atoms with E-state index in [1.165, 1.54) is 6.07 Å². The minimum absolute atomic E-state index is 0.00558. The Hall–Kier alpha value is -1.15. The number of aryl methyl sites for hydroxylation is 1. The van der Waals surface area contributed by atoms with Crippen molar-refractivity contribution in [1.82, 2.24) is 0 Å². The van der Waals surface area contributed by atoms with Crippen LogP contribution in [0.4, 0.5) is 0 Å². The highest BCUT2D eigenvalue weighted by atomic mass is 35.5. The van der Waals surface area contributed by atoms with E-state index in [1.54, 1.807) is 6.92 Å². The summed E-state index contributed by atoms with van der Waals surface area (Å²) < 4.78 is 32.8. The van der Waals surface area contributed by atoms with Crippen LogP contribution in [0.15, 0.2) is 17.0 Å². The number of esters is 1. The average molecular weight is 306 g/mol. The lowest BCUT2D eigenvalue weighted by Crippen LogP contribution is -2.37. The van der Waals surface area contributed by atoms with Gasteiger partial charge in [-0.1, -0.05) is 11.6 Å². The van der Waals surface area contributed by atoms with Gasteiger partial charge in [0.1, 0.15) is 11.0 Å². The van der Waals surface area contributed by atoms with Crippen molar-refractivity contribution < 1.29 is 22.7 Å². The Kier molecular flexibility index (Phi) is 3.82. The van der Waals surface area contributed by atoms with Crippen LogP contribution in [0.25, 0.3) is 0 Å². The Morgan fingerprint density at radius 2 is 2.11 bits per heavy atom. The Morgan fingerprint density at radius 3 is 2.58 bits per heavy atom. The Morgan fingerprint density at radius 1 is 1.47 bits per heavy atom. The molecule has 8 heteroatoms. The molecule has 104 valence electrons. The minimum atomic E-state index is -4.00. The highest BCUT2D eigenvalue weighted by molar-refractivity contribution is 7.89. The molecule has 1 aromatic rings. The van der Waals surface area contributed by atoms with Crippen LogP contribution in [0.5, 0.6) is 0 Å². The van der Waals surface area contributed by atoms with E-state index in [0.29, 0.717) is 18.8 Å². The van der Waals surface area contributed by atoms with Crippen molar-refractivity contribution >= 4 is 27.6 Å². The maximum atomic E-state index is 11.8. The van der Waals surface area contributed by atoms with Crippen LogP contribution in [-0.4, -0.2) is 33.7 Å². The van der Waals surface area contributed by atoms with E-state index in [2.05, 4.69) is 0 Å². The molecule has 0 saturated carbocycles. The number of halogens is 1. The number of hydrogen-bond donors (Lipinski definition) is 1. The van der Waals surface area contributed by atoms with Gasteiger partial charge in [0.15, 0.2) is 0 Å². The van der Waals surface area contributed by atoms with Gasteiger partial charge in [0.2, 0.25) is 10.0 Å². The van der Waals surface area contributed by atoms with E-state index in [0.717, 1.165) is 6.07 Å². The Balaban J connectivity index is 2.36. The quantitative estimate of drug-likeness (QED) is 0.835. The third kappa shape index (κ3) is 3.06. The highest BCUT2D eigenvalue weighted by Gasteiger charge is 2.25. The summed E-state index contributed by atoms with van der Waals surface area (Å²) in [6, 6.07) is 2.57. The van der Waals surface area contributed by atoms with E-state index in [-0.39, 0.29) is 21.6 Å². The number of primary sulfonamides is 1. The zero-order valence-corrected chi connectivity index (χ0v) is 11.6. The van der Waals surface area contributed by atoms with Crippen molar-refractivity contribution in [1.29, 1.82) is 0 Å². The van der Waals surface area contributed by atoms with Crippen LogP contribution in [0, 0.1) is 6.92 Å². The van der Waals surface area contributed by atoms with E-state index in [9.17, 15) is 13.2 Å². The maximum absolute atomic E-state index is 11.8. The predicted molar refractivity (Wildman–Crippen MR) is 67.6 cm³/mol. The molecule has 0 amide bonds. The number of hydrogen-bond acceptors (Lipinski definition) is 5. The van der Waals surface area contributed by atoms with E-state index >= 15 is 0 Å². The fourth-order valence-corrected chi connectivity index (χ4v) is 2.70. The summed E-state index contributed by atoms with van der Waals surface area (Å²) in [5, 5.41) is 5.06. The first-order valence-corrected chi connectivity index (χ1v) is 7.33. The molecule has 1 aliphatic rings. The number of nitrogens with two attached hydrogens (primary N) is 1. The minimum Gasteiger partial charge on any atom is -0.454 e. The molecule has 19 heavy (non-hydrogen) atoms. The van der Waals surface area contributed by atoms with Crippen molar-refractivity contribution in [3.05, 3.63) is 28.3 Å². The van der Waals surface area contributed by atoms with Crippen LogP contribution >= 0.6 is 11.6 Å². The van der Waals surface area contributed by atoms with Gasteiger partial charge in [-0.2, -0.15) is 0 Å². The Bertz CT molecular complexity index is 624. The SMILES string of the molecule is Cc1cc(C(=O)OC2COC2)cc(S(N)(=O)=O)c1Cl. The topological polar surface area (TPSA) is 95.7 Å². The van der Waals surface area contributed by atoms with Crippen molar-refractivity contribution in [3.63, 3.8) is 0 Å². The summed E-state index contributed by atoms with van der Waals surface area (Å²) in [6.45, 7) is 2.28. The fraction of sp³-hybridized carbons (Fsp3) is 0.364. The van der Waals surface area contributed by atoms with E-state index in [1.807, 2.05) is 0 Å². The fourth-order valence-electron chi connectivity index (χ4n) is 1.56. The summed E-state index contributed by atoms with van der Waals surface area (Å²) in [7, 11) is -4.00. The van der Waals surface area contributed by atoms with Gasteiger partial charge in [-0.15, -0.1) is 0 Å². The molecule has 1 fully saturated rings. The third-order valence-corrected chi connectivity index (χ3v) is 4.19. The molecule has 0 bridgehead atoms. The van der Waals surface area contributed by atoms with Gasteiger partial charge in [-0.3, -0.25) is 0 Å². The van der Waals surface area contributed by atoms with Crippen LogP contribution in [0.3, 0.4) is 0 Å². The predicted octanol–water partition coefficient (Wildman–Crippen LogP) is 0.851. The second-order valence-corrected chi connectivity index (χ2v) is 6.12. The lowest BCUT2D eigenvalue weighted by Gasteiger charge is -2.25. The molecule has 1 aliphatic heterocycles. The standard InChI is InChI=1S/C11H12ClNO5S/c1-6-2-7(11(14)18-8-4-17-5-8)3-9(10(6)12)19(13,15)16/h2-3,8H,4-5H2,1H3,(H2,13,15,16). The smallest absolute Gasteiger partial charge is 0.338 e. The second kappa shape index (κ2) is 5.09. The van der Waals surface area contributed by atoms with Crippen molar-refractivity contribution in [2.45, 2.75) is 17.9 Å². The van der Waals surface area contributed by atoms with Crippen LogP contribution in [0.2, 0.25) is 5.02 Å². The molecule has 6 nitrogen and oxygen atoms in total. The first kappa shape index (κ1) is 14.3. The monoisotopic (exact) mass is 305 g/mol. The number of benzene rings is 1. The van der Waals surface area contributed by atoms with Gasteiger partial charge in [0.05, 0.1) is 23.8 Å². The summed E-state index contributed by atoms with van der Waals surface area (Å²) in [5.74, 6) is -0.627. The molecule has 0 unspecified atom stereocenters. The van der Waals surface area contributed by atoms with Gasteiger partial charge in [-0.05, 0) is 24.6 Å². The van der Waals surface area contributed by atoms with Crippen LogP contribution in [-0.2, 0) is 19.5 Å².